The van der Waals surface area contributed by atoms with Crippen molar-refractivity contribution in [1.82, 2.24) is 10.0 Å². The van der Waals surface area contributed by atoms with Crippen LogP contribution in [-0.4, -0.2) is 44.3 Å². The minimum absolute atomic E-state index is 0.173. The van der Waals surface area contributed by atoms with Crippen LogP contribution in [-0.2, 0) is 10.0 Å². The molecule has 2 rings (SSSR count). The van der Waals surface area contributed by atoms with E-state index in [1.807, 2.05) is 11.8 Å². The SMILES string of the molecule is O=S(=O)(CCCNC1CC1)NC1CCSC1. The predicted molar refractivity (Wildman–Crippen MR) is 68.3 cm³/mol. The van der Waals surface area contributed by atoms with Crippen LogP contribution >= 0.6 is 11.8 Å². The Morgan fingerprint density at radius 1 is 1.19 bits per heavy atom. The fourth-order valence-corrected chi connectivity index (χ4v) is 4.41. The molecule has 0 aromatic heterocycles. The first-order chi connectivity index (χ1) is 7.66. The summed E-state index contributed by atoms with van der Waals surface area (Å²) in [5.74, 6) is 2.27. The number of nitrogens with one attached hydrogen (secondary N) is 2. The van der Waals surface area contributed by atoms with Crippen LogP contribution in [0.4, 0.5) is 0 Å². The van der Waals surface area contributed by atoms with E-state index < -0.39 is 10.0 Å². The number of sulfonamides is 1. The van der Waals surface area contributed by atoms with Crippen molar-refractivity contribution in [2.75, 3.05) is 23.8 Å². The molecular weight excluding hydrogens is 244 g/mol. The van der Waals surface area contributed by atoms with E-state index in [1.54, 1.807) is 0 Å². The van der Waals surface area contributed by atoms with Crippen molar-refractivity contribution >= 4 is 21.8 Å². The van der Waals surface area contributed by atoms with Crippen LogP contribution < -0.4 is 10.0 Å². The lowest BCUT2D eigenvalue weighted by atomic mass is 10.3. The van der Waals surface area contributed by atoms with Crippen molar-refractivity contribution in [2.45, 2.75) is 37.8 Å². The van der Waals surface area contributed by atoms with E-state index in [2.05, 4.69) is 10.0 Å². The minimum Gasteiger partial charge on any atom is -0.314 e. The molecule has 1 saturated heterocycles. The van der Waals surface area contributed by atoms with E-state index in [1.165, 1.54) is 12.8 Å². The fraction of sp³-hybridized carbons (Fsp3) is 1.00. The summed E-state index contributed by atoms with van der Waals surface area (Å²) in [6.45, 7) is 0.824. The third kappa shape index (κ3) is 4.61. The summed E-state index contributed by atoms with van der Waals surface area (Å²) in [5, 5.41) is 3.33. The third-order valence-electron chi connectivity index (χ3n) is 2.88. The first-order valence-electron chi connectivity index (χ1n) is 5.97. The molecular formula is C10H20N2O2S2. The summed E-state index contributed by atoms with van der Waals surface area (Å²) >= 11 is 1.82. The molecule has 16 heavy (non-hydrogen) atoms. The molecule has 0 bridgehead atoms. The Bertz CT molecular complexity index is 309. The summed E-state index contributed by atoms with van der Waals surface area (Å²) in [4.78, 5) is 0. The molecule has 1 heterocycles. The van der Waals surface area contributed by atoms with Gasteiger partial charge in [0.15, 0.2) is 0 Å². The average Bonchev–Trinajstić information content (AvgIpc) is 2.91. The number of thioether (sulfide) groups is 1. The predicted octanol–water partition coefficient (Wildman–Crippen LogP) is 0.553. The van der Waals surface area contributed by atoms with E-state index in [4.69, 9.17) is 0 Å². The van der Waals surface area contributed by atoms with Crippen LogP contribution in [0.25, 0.3) is 0 Å². The maximum atomic E-state index is 11.7. The van der Waals surface area contributed by atoms with Gasteiger partial charge in [0.25, 0.3) is 0 Å². The van der Waals surface area contributed by atoms with E-state index in [-0.39, 0.29) is 11.8 Å². The molecule has 0 aromatic carbocycles. The number of rotatable bonds is 7. The molecule has 4 nitrogen and oxygen atoms in total. The van der Waals surface area contributed by atoms with Gasteiger partial charge in [-0.25, -0.2) is 13.1 Å². The van der Waals surface area contributed by atoms with Crippen LogP contribution in [0.3, 0.4) is 0 Å². The summed E-state index contributed by atoms with van der Waals surface area (Å²) in [6.07, 6.45) is 4.20. The second kappa shape index (κ2) is 5.71. The van der Waals surface area contributed by atoms with Gasteiger partial charge >= 0.3 is 0 Å². The molecule has 1 aliphatic heterocycles. The second-order valence-electron chi connectivity index (χ2n) is 4.58. The number of hydrogen-bond donors (Lipinski definition) is 2. The fourth-order valence-electron chi connectivity index (χ4n) is 1.80. The van der Waals surface area contributed by atoms with Crippen molar-refractivity contribution in [3.63, 3.8) is 0 Å². The van der Waals surface area contributed by atoms with E-state index in [0.717, 1.165) is 24.5 Å². The zero-order valence-electron chi connectivity index (χ0n) is 9.44. The lowest BCUT2D eigenvalue weighted by Gasteiger charge is -2.11. The van der Waals surface area contributed by atoms with Gasteiger partial charge in [0, 0.05) is 17.8 Å². The molecule has 94 valence electrons. The van der Waals surface area contributed by atoms with Gasteiger partial charge in [0.2, 0.25) is 10.0 Å². The van der Waals surface area contributed by atoms with Gasteiger partial charge in [-0.05, 0) is 38.0 Å². The molecule has 0 radical (unpaired) electrons. The average molecular weight is 264 g/mol. The summed E-state index contributed by atoms with van der Waals surface area (Å²) in [7, 11) is -3.05. The zero-order chi connectivity index (χ0) is 11.4. The molecule has 0 spiro atoms. The summed E-state index contributed by atoms with van der Waals surface area (Å²) in [5.41, 5.74) is 0. The Labute approximate surface area is 102 Å². The Kier molecular flexibility index (Phi) is 4.52. The molecule has 6 heteroatoms. The van der Waals surface area contributed by atoms with Crippen LogP contribution in [0.1, 0.15) is 25.7 Å². The van der Waals surface area contributed by atoms with Gasteiger partial charge in [-0.3, -0.25) is 0 Å². The zero-order valence-corrected chi connectivity index (χ0v) is 11.1. The largest absolute Gasteiger partial charge is 0.314 e. The van der Waals surface area contributed by atoms with Crippen molar-refractivity contribution in [2.24, 2.45) is 0 Å². The highest BCUT2D eigenvalue weighted by molar-refractivity contribution is 7.99. The molecule has 2 fully saturated rings. The first kappa shape index (κ1) is 12.7. The molecule has 1 saturated carbocycles. The van der Waals surface area contributed by atoms with Gasteiger partial charge in [0.05, 0.1) is 5.75 Å². The first-order valence-corrected chi connectivity index (χ1v) is 8.77. The quantitative estimate of drug-likeness (QED) is 0.660. The Morgan fingerprint density at radius 3 is 2.62 bits per heavy atom. The van der Waals surface area contributed by atoms with Crippen molar-refractivity contribution < 1.29 is 8.42 Å². The van der Waals surface area contributed by atoms with Gasteiger partial charge in [-0.15, -0.1) is 0 Å². The van der Waals surface area contributed by atoms with Crippen molar-refractivity contribution in [1.29, 1.82) is 0 Å². The van der Waals surface area contributed by atoms with E-state index in [0.29, 0.717) is 12.5 Å². The Hall–Kier alpha value is 0.220. The lowest BCUT2D eigenvalue weighted by molar-refractivity contribution is 0.557. The minimum atomic E-state index is -3.05. The monoisotopic (exact) mass is 264 g/mol. The third-order valence-corrected chi connectivity index (χ3v) is 5.56. The highest BCUT2D eigenvalue weighted by Crippen LogP contribution is 2.19. The van der Waals surface area contributed by atoms with Crippen molar-refractivity contribution in [3.05, 3.63) is 0 Å². The number of hydrogen-bond acceptors (Lipinski definition) is 4. The highest BCUT2D eigenvalue weighted by Gasteiger charge is 2.22. The lowest BCUT2D eigenvalue weighted by Crippen LogP contribution is -2.37. The second-order valence-corrected chi connectivity index (χ2v) is 7.60. The van der Waals surface area contributed by atoms with Gasteiger partial charge in [0.1, 0.15) is 0 Å². The van der Waals surface area contributed by atoms with Gasteiger partial charge in [-0.1, -0.05) is 0 Å². The van der Waals surface area contributed by atoms with Crippen molar-refractivity contribution in [3.8, 4) is 0 Å². The standard InChI is InChI=1S/C10H20N2O2S2/c13-16(14,12-10-4-6-15-8-10)7-1-5-11-9-2-3-9/h9-12H,1-8H2. The normalized spacial score (nSPS) is 26.1. The highest BCUT2D eigenvalue weighted by atomic mass is 32.2. The van der Waals surface area contributed by atoms with Gasteiger partial charge in [-0.2, -0.15) is 11.8 Å². The topological polar surface area (TPSA) is 58.2 Å². The van der Waals surface area contributed by atoms with Crippen LogP contribution in [0.15, 0.2) is 0 Å². The molecule has 2 N–H and O–H groups in total. The molecule has 0 aromatic rings. The maximum absolute atomic E-state index is 11.7. The van der Waals surface area contributed by atoms with E-state index in [9.17, 15) is 8.42 Å². The summed E-state index contributed by atoms with van der Waals surface area (Å²) in [6, 6.07) is 0.841. The maximum Gasteiger partial charge on any atom is 0.211 e. The molecule has 1 unspecified atom stereocenters. The van der Waals surface area contributed by atoms with E-state index >= 15 is 0 Å². The summed E-state index contributed by atoms with van der Waals surface area (Å²) < 4.78 is 26.2. The van der Waals surface area contributed by atoms with Crippen LogP contribution in [0.2, 0.25) is 0 Å². The van der Waals surface area contributed by atoms with Crippen LogP contribution in [0, 0.1) is 0 Å². The molecule has 1 aliphatic carbocycles. The van der Waals surface area contributed by atoms with Gasteiger partial charge < -0.3 is 5.32 Å². The molecule has 2 aliphatic rings. The Balaban J connectivity index is 1.61. The molecule has 0 amide bonds. The Morgan fingerprint density at radius 2 is 2.00 bits per heavy atom. The van der Waals surface area contributed by atoms with Crippen LogP contribution in [0.5, 0.6) is 0 Å². The smallest absolute Gasteiger partial charge is 0.211 e. The molecule has 1 atom stereocenters.